The number of rotatable bonds is 2. The maximum absolute atomic E-state index is 13.6. The highest BCUT2D eigenvalue weighted by atomic mass is 19.1. The molecule has 0 atom stereocenters. The molecule has 0 aromatic heterocycles. The number of hydrogen-bond donors (Lipinski definition) is 1. The molecule has 2 rings (SSSR count). The lowest BCUT2D eigenvalue weighted by Gasteiger charge is -2.08. The summed E-state index contributed by atoms with van der Waals surface area (Å²) in [6, 6.07) is 10.6. The molecule has 0 heterocycles. The summed E-state index contributed by atoms with van der Waals surface area (Å²) in [7, 11) is 0. The molecule has 0 aliphatic heterocycles. The van der Waals surface area contributed by atoms with E-state index in [1.165, 1.54) is 18.2 Å². The van der Waals surface area contributed by atoms with Crippen LogP contribution in [0.2, 0.25) is 0 Å². The molecule has 1 nitrogen and oxygen atoms in total. The maximum Gasteiger partial charge on any atom is 0.131 e. The minimum absolute atomic E-state index is 0.182. The van der Waals surface area contributed by atoms with E-state index in [0.29, 0.717) is 16.7 Å². The van der Waals surface area contributed by atoms with Gasteiger partial charge in [0.1, 0.15) is 11.6 Å². The molecule has 0 saturated heterocycles. The van der Waals surface area contributed by atoms with Crippen LogP contribution in [0.4, 0.5) is 8.78 Å². The summed E-state index contributed by atoms with van der Waals surface area (Å²) in [5.74, 6) is -0.690. The number of benzene rings is 2. The van der Waals surface area contributed by atoms with Crippen molar-refractivity contribution in [2.75, 3.05) is 0 Å². The first kappa shape index (κ1) is 10.8. The molecule has 2 N–H and O–H groups in total. The van der Waals surface area contributed by atoms with Crippen LogP contribution in [-0.4, -0.2) is 0 Å². The van der Waals surface area contributed by atoms with E-state index < -0.39 is 0 Å². The topological polar surface area (TPSA) is 26.0 Å². The van der Waals surface area contributed by atoms with E-state index in [-0.39, 0.29) is 18.2 Å². The Balaban J connectivity index is 2.60. The van der Waals surface area contributed by atoms with Crippen molar-refractivity contribution in [3.8, 4) is 11.1 Å². The minimum atomic E-state index is -0.361. The number of nitrogens with two attached hydrogens (primary N) is 1. The molecule has 82 valence electrons. The Labute approximate surface area is 92.5 Å². The Kier molecular flexibility index (Phi) is 2.97. The minimum Gasteiger partial charge on any atom is -0.326 e. The molecular weight excluding hydrogens is 208 g/mol. The first-order valence-electron chi connectivity index (χ1n) is 4.96. The van der Waals surface area contributed by atoms with Gasteiger partial charge in [-0.2, -0.15) is 0 Å². The van der Waals surface area contributed by atoms with E-state index in [2.05, 4.69) is 0 Å². The zero-order valence-corrected chi connectivity index (χ0v) is 8.58. The molecule has 0 spiro atoms. The Morgan fingerprint density at radius 3 is 2.38 bits per heavy atom. The van der Waals surface area contributed by atoms with Crippen molar-refractivity contribution in [2.24, 2.45) is 5.73 Å². The summed E-state index contributed by atoms with van der Waals surface area (Å²) in [6.07, 6.45) is 0. The lowest BCUT2D eigenvalue weighted by atomic mass is 9.99. The van der Waals surface area contributed by atoms with Gasteiger partial charge in [-0.05, 0) is 29.3 Å². The summed E-state index contributed by atoms with van der Waals surface area (Å²) >= 11 is 0. The van der Waals surface area contributed by atoms with E-state index >= 15 is 0 Å². The van der Waals surface area contributed by atoms with Gasteiger partial charge in [-0.1, -0.05) is 24.3 Å². The molecule has 0 amide bonds. The normalized spacial score (nSPS) is 10.4. The number of halogens is 2. The van der Waals surface area contributed by atoms with E-state index in [0.717, 1.165) is 0 Å². The van der Waals surface area contributed by atoms with Crippen molar-refractivity contribution in [3.05, 3.63) is 59.7 Å². The Morgan fingerprint density at radius 2 is 1.69 bits per heavy atom. The molecule has 0 unspecified atom stereocenters. The molecule has 0 fully saturated rings. The van der Waals surface area contributed by atoms with Crippen LogP contribution in [0, 0.1) is 11.6 Å². The zero-order chi connectivity index (χ0) is 11.5. The van der Waals surface area contributed by atoms with Crippen molar-refractivity contribution < 1.29 is 8.78 Å². The molecule has 3 heteroatoms. The Bertz CT molecular complexity index is 509. The van der Waals surface area contributed by atoms with Gasteiger partial charge in [0.25, 0.3) is 0 Å². The molecule has 0 aliphatic carbocycles. The van der Waals surface area contributed by atoms with Crippen LogP contribution in [0.25, 0.3) is 11.1 Å². The third-order valence-electron chi connectivity index (χ3n) is 2.45. The zero-order valence-electron chi connectivity index (χ0n) is 8.58. The van der Waals surface area contributed by atoms with Gasteiger partial charge in [0.2, 0.25) is 0 Å². The molecule has 0 bridgehead atoms. The third-order valence-corrected chi connectivity index (χ3v) is 2.45. The smallest absolute Gasteiger partial charge is 0.131 e. The molecule has 0 aliphatic rings. The number of hydrogen-bond acceptors (Lipinski definition) is 1. The van der Waals surface area contributed by atoms with Crippen LogP contribution in [0.15, 0.2) is 42.5 Å². The van der Waals surface area contributed by atoms with E-state index in [1.807, 2.05) is 0 Å². The predicted molar refractivity (Wildman–Crippen MR) is 59.7 cm³/mol. The lowest BCUT2D eigenvalue weighted by Crippen LogP contribution is -2.00. The van der Waals surface area contributed by atoms with Gasteiger partial charge in [0.15, 0.2) is 0 Å². The average Bonchev–Trinajstić information content (AvgIpc) is 2.30. The van der Waals surface area contributed by atoms with Crippen molar-refractivity contribution >= 4 is 0 Å². The van der Waals surface area contributed by atoms with Crippen molar-refractivity contribution in [1.29, 1.82) is 0 Å². The van der Waals surface area contributed by atoms with Crippen LogP contribution >= 0.6 is 0 Å². The van der Waals surface area contributed by atoms with Gasteiger partial charge >= 0.3 is 0 Å². The fourth-order valence-corrected chi connectivity index (χ4v) is 1.67. The van der Waals surface area contributed by atoms with Crippen LogP contribution in [-0.2, 0) is 6.54 Å². The largest absolute Gasteiger partial charge is 0.326 e. The summed E-state index contributed by atoms with van der Waals surface area (Å²) in [5.41, 5.74) is 7.21. The fourth-order valence-electron chi connectivity index (χ4n) is 1.67. The van der Waals surface area contributed by atoms with E-state index in [1.54, 1.807) is 24.3 Å². The second kappa shape index (κ2) is 4.41. The van der Waals surface area contributed by atoms with Gasteiger partial charge in [-0.3, -0.25) is 0 Å². The van der Waals surface area contributed by atoms with E-state index in [4.69, 9.17) is 5.73 Å². The first-order chi connectivity index (χ1) is 7.72. The van der Waals surface area contributed by atoms with Crippen LogP contribution in [0.5, 0.6) is 0 Å². The quantitative estimate of drug-likeness (QED) is 0.825. The van der Waals surface area contributed by atoms with Gasteiger partial charge in [-0.15, -0.1) is 0 Å². The second-order valence-electron chi connectivity index (χ2n) is 3.49. The van der Waals surface area contributed by atoms with Crippen molar-refractivity contribution in [1.82, 2.24) is 0 Å². The van der Waals surface area contributed by atoms with Crippen LogP contribution in [0.3, 0.4) is 0 Å². The Morgan fingerprint density at radius 1 is 0.938 bits per heavy atom. The van der Waals surface area contributed by atoms with Crippen molar-refractivity contribution in [3.63, 3.8) is 0 Å². The average molecular weight is 219 g/mol. The highest BCUT2D eigenvalue weighted by Crippen LogP contribution is 2.26. The van der Waals surface area contributed by atoms with Gasteiger partial charge < -0.3 is 5.73 Å². The van der Waals surface area contributed by atoms with Crippen LogP contribution < -0.4 is 5.73 Å². The lowest BCUT2D eigenvalue weighted by molar-refractivity contribution is 0.623. The summed E-state index contributed by atoms with van der Waals surface area (Å²) < 4.78 is 26.6. The summed E-state index contributed by atoms with van der Waals surface area (Å²) in [4.78, 5) is 0. The maximum atomic E-state index is 13.6. The monoisotopic (exact) mass is 219 g/mol. The highest BCUT2D eigenvalue weighted by molar-refractivity contribution is 5.67. The predicted octanol–water partition coefficient (Wildman–Crippen LogP) is 3.09. The molecular formula is C13H11F2N. The highest BCUT2D eigenvalue weighted by Gasteiger charge is 2.08. The van der Waals surface area contributed by atoms with E-state index in [9.17, 15) is 8.78 Å². The summed E-state index contributed by atoms with van der Waals surface area (Å²) in [6.45, 7) is 0.182. The third kappa shape index (κ3) is 1.95. The molecule has 2 aromatic rings. The Hall–Kier alpha value is -1.74. The van der Waals surface area contributed by atoms with Crippen LogP contribution in [0.1, 0.15) is 5.56 Å². The van der Waals surface area contributed by atoms with Crippen molar-refractivity contribution in [2.45, 2.75) is 6.54 Å². The van der Waals surface area contributed by atoms with Gasteiger partial charge in [0.05, 0.1) is 0 Å². The van der Waals surface area contributed by atoms with Gasteiger partial charge in [-0.25, -0.2) is 8.78 Å². The molecule has 16 heavy (non-hydrogen) atoms. The standard InChI is InChI=1S/C13H11F2N/c14-10-5-6-11(9(7-10)8-16)12-3-1-2-4-13(12)15/h1-7H,8,16H2. The van der Waals surface area contributed by atoms with Gasteiger partial charge in [0, 0.05) is 12.1 Å². The second-order valence-corrected chi connectivity index (χ2v) is 3.49. The molecule has 0 saturated carbocycles. The fraction of sp³-hybridized carbons (Fsp3) is 0.0769. The SMILES string of the molecule is NCc1cc(F)ccc1-c1ccccc1F. The summed E-state index contributed by atoms with van der Waals surface area (Å²) in [5, 5.41) is 0. The molecule has 0 radical (unpaired) electrons. The first-order valence-corrected chi connectivity index (χ1v) is 4.96. The molecule has 2 aromatic carbocycles.